The fraction of sp³-hybridized carbons (Fsp3) is 0.500. The van der Waals surface area contributed by atoms with E-state index >= 15 is 0 Å². The Labute approximate surface area is 43.4 Å². The van der Waals surface area contributed by atoms with Crippen molar-refractivity contribution in [1.29, 1.82) is 0 Å². The van der Waals surface area contributed by atoms with E-state index in [4.69, 9.17) is 0 Å². The van der Waals surface area contributed by atoms with Crippen molar-refractivity contribution in [1.82, 2.24) is 5.01 Å². The molecule has 0 aromatic carbocycles. The fourth-order valence-electron chi connectivity index (χ4n) is 0.204. The van der Waals surface area contributed by atoms with E-state index in [0.29, 0.717) is 0 Å². The molecule has 0 saturated carbocycles. The molecule has 0 heterocycles. The zero-order chi connectivity index (χ0) is 5.70. The van der Waals surface area contributed by atoms with Gasteiger partial charge in [0.25, 0.3) is 0 Å². The molecule has 0 aliphatic heterocycles. The van der Waals surface area contributed by atoms with Gasteiger partial charge >= 0.3 is 0 Å². The van der Waals surface area contributed by atoms with Gasteiger partial charge in [-0.2, -0.15) is 5.10 Å². The van der Waals surface area contributed by atoms with Gasteiger partial charge < -0.3 is 0 Å². The lowest BCUT2D eigenvalue weighted by Gasteiger charge is -1.99. The first-order valence-electron chi connectivity index (χ1n) is 1.93. The highest BCUT2D eigenvalue weighted by Crippen LogP contribution is 1.69. The van der Waals surface area contributed by atoms with Crippen molar-refractivity contribution in [3.63, 3.8) is 0 Å². The molecule has 0 spiro atoms. The molecule has 0 aliphatic carbocycles. The quantitative estimate of drug-likeness (QED) is 0.276. The van der Waals surface area contributed by atoms with Gasteiger partial charge in [-0.3, -0.25) is 10.0 Å². The highest BCUT2D eigenvalue weighted by atomic mass is 15.4. The van der Waals surface area contributed by atoms with Crippen LogP contribution in [0.15, 0.2) is 10.1 Å². The fourth-order valence-corrected chi connectivity index (χ4v) is 0.204. The van der Waals surface area contributed by atoms with E-state index in [1.165, 1.54) is 5.01 Å². The summed E-state index contributed by atoms with van der Waals surface area (Å²) in [4.78, 5) is 3.67. The number of hydrogen-bond donors (Lipinski definition) is 0. The summed E-state index contributed by atoms with van der Waals surface area (Å²) in [6.07, 6.45) is 1.58. The van der Waals surface area contributed by atoms with Crippen molar-refractivity contribution in [2.24, 2.45) is 10.1 Å². The molecule has 0 radical (unpaired) electrons. The van der Waals surface area contributed by atoms with Crippen molar-refractivity contribution in [3.05, 3.63) is 0 Å². The zero-order valence-corrected chi connectivity index (χ0v) is 4.63. The number of aliphatic imine (C=N–C) groups is 1. The molecule has 0 N–H and O–H groups in total. The maximum atomic E-state index is 3.67. The van der Waals surface area contributed by atoms with Crippen LogP contribution in [0.2, 0.25) is 0 Å². The summed E-state index contributed by atoms with van der Waals surface area (Å²) in [6.45, 7) is 3.26. The molecule has 3 nitrogen and oxygen atoms in total. The van der Waals surface area contributed by atoms with Gasteiger partial charge in [-0.25, -0.2) is 0 Å². The minimum Gasteiger partial charge on any atom is -0.277 e. The van der Waals surface area contributed by atoms with Crippen LogP contribution in [-0.4, -0.2) is 32.2 Å². The largest absolute Gasteiger partial charge is 0.277 e. The van der Waals surface area contributed by atoms with Gasteiger partial charge in [0.05, 0.1) is 0 Å². The summed E-state index contributed by atoms with van der Waals surface area (Å²) in [7, 11) is 3.45. The van der Waals surface area contributed by atoms with Crippen molar-refractivity contribution in [3.8, 4) is 0 Å². The molecule has 0 bridgehead atoms. The third kappa shape index (κ3) is 2.96. The minimum atomic E-state index is 1.53. The van der Waals surface area contributed by atoms with E-state index in [0.717, 1.165) is 0 Å². The molecule has 7 heavy (non-hydrogen) atoms. The van der Waals surface area contributed by atoms with Crippen molar-refractivity contribution < 1.29 is 0 Å². The van der Waals surface area contributed by atoms with Gasteiger partial charge in [-0.1, -0.05) is 0 Å². The molecule has 0 aromatic heterocycles. The zero-order valence-electron chi connectivity index (χ0n) is 4.63. The van der Waals surface area contributed by atoms with Gasteiger partial charge in [-0.15, -0.1) is 0 Å². The van der Waals surface area contributed by atoms with E-state index in [1.807, 2.05) is 0 Å². The smallest absolute Gasteiger partial charge is 0.105 e. The summed E-state index contributed by atoms with van der Waals surface area (Å²) in [5.74, 6) is 0. The first-order valence-corrected chi connectivity index (χ1v) is 1.93. The second-order valence-electron chi connectivity index (χ2n) is 1.09. The highest BCUT2D eigenvalue weighted by molar-refractivity contribution is 5.54. The summed E-state index contributed by atoms with van der Waals surface area (Å²) in [5.41, 5.74) is 0. The van der Waals surface area contributed by atoms with E-state index in [9.17, 15) is 0 Å². The van der Waals surface area contributed by atoms with Crippen LogP contribution in [0.3, 0.4) is 0 Å². The second-order valence-corrected chi connectivity index (χ2v) is 1.09. The first-order chi connectivity index (χ1) is 3.31. The molecule has 0 saturated heterocycles. The lowest BCUT2D eigenvalue weighted by atomic mass is 11.1. The normalized spacial score (nSPS) is 9.43. The van der Waals surface area contributed by atoms with Crippen molar-refractivity contribution in [2.75, 3.05) is 14.1 Å². The van der Waals surface area contributed by atoms with Crippen LogP contribution in [-0.2, 0) is 0 Å². The molecule has 40 valence electrons. The SMILES string of the molecule is C=NN(C)/C=N\C. The molecule has 0 aliphatic rings. The summed E-state index contributed by atoms with van der Waals surface area (Å²) >= 11 is 0. The second kappa shape index (κ2) is 3.33. The molecule has 3 heteroatoms. The maximum Gasteiger partial charge on any atom is 0.105 e. The molecule has 0 fully saturated rings. The van der Waals surface area contributed by atoms with Gasteiger partial charge in [0.1, 0.15) is 6.34 Å². The third-order valence-corrected chi connectivity index (χ3v) is 0.506. The van der Waals surface area contributed by atoms with Crippen LogP contribution in [0.4, 0.5) is 0 Å². The molecular formula is C4H9N3. The standard InChI is InChI=1S/C4H9N3/c1-5-4-7(3)6-2/h4H,2H2,1,3H3/b5-4-. The maximum absolute atomic E-state index is 3.67. The van der Waals surface area contributed by atoms with E-state index in [1.54, 1.807) is 20.4 Å². The topological polar surface area (TPSA) is 28.0 Å². The number of hydrogen-bond acceptors (Lipinski definition) is 2. The average Bonchev–Trinajstić information content (AvgIpc) is 1.68. The Morgan fingerprint density at radius 2 is 2.29 bits per heavy atom. The monoisotopic (exact) mass is 99.1 g/mol. The Balaban J connectivity index is 3.35. The molecule has 0 unspecified atom stereocenters. The van der Waals surface area contributed by atoms with Crippen LogP contribution >= 0.6 is 0 Å². The van der Waals surface area contributed by atoms with Gasteiger partial charge in [0.15, 0.2) is 0 Å². The van der Waals surface area contributed by atoms with Crippen LogP contribution in [0.25, 0.3) is 0 Å². The van der Waals surface area contributed by atoms with Crippen LogP contribution in [0.5, 0.6) is 0 Å². The lowest BCUT2D eigenvalue weighted by Crippen LogP contribution is -2.05. The summed E-state index contributed by atoms with van der Waals surface area (Å²) in [5, 5.41) is 5.04. The number of hydrazone groups is 1. The highest BCUT2D eigenvalue weighted by Gasteiger charge is 1.73. The van der Waals surface area contributed by atoms with E-state index in [2.05, 4.69) is 16.8 Å². The number of nitrogens with zero attached hydrogens (tertiary/aromatic N) is 3. The van der Waals surface area contributed by atoms with Crippen LogP contribution < -0.4 is 0 Å². The van der Waals surface area contributed by atoms with E-state index < -0.39 is 0 Å². The summed E-state index contributed by atoms with van der Waals surface area (Å²) in [6, 6.07) is 0. The average molecular weight is 99.1 g/mol. The lowest BCUT2D eigenvalue weighted by molar-refractivity contribution is 0.566. The molecule has 0 rings (SSSR count). The first kappa shape index (κ1) is 6.14. The Morgan fingerprint density at radius 1 is 1.71 bits per heavy atom. The predicted molar refractivity (Wildman–Crippen MR) is 31.7 cm³/mol. The van der Waals surface area contributed by atoms with Crippen molar-refractivity contribution in [2.45, 2.75) is 0 Å². The number of rotatable bonds is 2. The van der Waals surface area contributed by atoms with Gasteiger partial charge in [-0.05, 0) is 0 Å². The van der Waals surface area contributed by atoms with Crippen molar-refractivity contribution >= 4 is 13.1 Å². The molecule has 0 aromatic rings. The third-order valence-electron chi connectivity index (χ3n) is 0.506. The minimum absolute atomic E-state index is 1.53. The van der Waals surface area contributed by atoms with Crippen LogP contribution in [0.1, 0.15) is 0 Å². The molecule has 0 atom stereocenters. The Hall–Kier alpha value is -0.860. The Kier molecular flexibility index (Phi) is 2.92. The van der Waals surface area contributed by atoms with E-state index in [-0.39, 0.29) is 0 Å². The molecular weight excluding hydrogens is 90.1 g/mol. The Morgan fingerprint density at radius 3 is 2.43 bits per heavy atom. The van der Waals surface area contributed by atoms with Gasteiger partial charge in [0.2, 0.25) is 0 Å². The molecule has 0 amide bonds. The van der Waals surface area contributed by atoms with Crippen LogP contribution in [0, 0.1) is 0 Å². The summed E-state index contributed by atoms with van der Waals surface area (Å²) < 4.78 is 0. The van der Waals surface area contributed by atoms with Gasteiger partial charge in [0, 0.05) is 20.8 Å². The Bertz CT molecular complexity index is 77.0. The predicted octanol–water partition coefficient (Wildman–Crippen LogP) is 0.192.